The molecule has 3 aromatic rings. The number of hydrogen-bond donors (Lipinski definition) is 1. The number of nitrogens with two attached hydrogens (primary N) is 1. The molecule has 0 spiro atoms. The quantitative estimate of drug-likeness (QED) is 0.733. The second-order valence-electron chi connectivity index (χ2n) is 4.80. The fourth-order valence-electron chi connectivity index (χ4n) is 2.20. The standard InChI is InChI=1S/C15H12ClN3OS2/c16-10-3-1-9(2-4-10)11-7-22-14-13(11)15(20)19(8-18-14)6-5-12(17)21/h1-4,7-8H,5-6H2,(H2,17,21). The molecule has 0 saturated heterocycles. The maximum atomic E-state index is 12.7. The molecule has 0 aliphatic heterocycles. The molecule has 4 nitrogen and oxygen atoms in total. The monoisotopic (exact) mass is 349 g/mol. The van der Waals surface area contributed by atoms with Gasteiger partial charge in [-0.25, -0.2) is 4.98 Å². The molecule has 0 aliphatic carbocycles. The van der Waals surface area contributed by atoms with E-state index in [2.05, 4.69) is 4.98 Å². The number of thiophene rings is 1. The van der Waals surface area contributed by atoms with Crippen molar-refractivity contribution in [2.24, 2.45) is 5.73 Å². The molecule has 3 rings (SSSR count). The number of hydrogen-bond acceptors (Lipinski definition) is 4. The summed E-state index contributed by atoms with van der Waals surface area (Å²) in [6, 6.07) is 7.41. The summed E-state index contributed by atoms with van der Waals surface area (Å²) in [6.45, 7) is 0.438. The van der Waals surface area contributed by atoms with Crippen molar-refractivity contribution >= 4 is 50.4 Å². The van der Waals surface area contributed by atoms with Crippen LogP contribution in [0.1, 0.15) is 6.42 Å². The molecule has 2 N–H and O–H groups in total. The van der Waals surface area contributed by atoms with Gasteiger partial charge < -0.3 is 5.73 Å². The average Bonchev–Trinajstić information content (AvgIpc) is 2.92. The van der Waals surface area contributed by atoms with Crippen LogP contribution in [0.25, 0.3) is 21.3 Å². The van der Waals surface area contributed by atoms with Crippen molar-refractivity contribution in [2.75, 3.05) is 0 Å². The largest absolute Gasteiger partial charge is 0.393 e. The summed E-state index contributed by atoms with van der Waals surface area (Å²) in [7, 11) is 0. The van der Waals surface area contributed by atoms with E-state index in [-0.39, 0.29) is 5.56 Å². The number of halogens is 1. The molecular formula is C15H12ClN3OS2. The fraction of sp³-hybridized carbons (Fsp3) is 0.133. The van der Waals surface area contributed by atoms with Crippen molar-refractivity contribution in [3.8, 4) is 11.1 Å². The number of fused-ring (bicyclic) bond motifs is 1. The summed E-state index contributed by atoms with van der Waals surface area (Å²) in [5.41, 5.74) is 7.25. The molecule has 7 heteroatoms. The summed E-state index contributed by atoms with van der Waals surface area (Å²) < 4.78 is 1.55. The highest BCUT2D eigenvalue weighted by Gasteiger charge is 2.13. The number of thiocarbonyl (C=S) groups is 1. The predicted molar refractivity (Wildman–Crippen MR) is 95.7 cm³/mol. The minimum Gasteiger partial charge on any atom is -0.393 e. The van der Waals surface area contributed by atoms with Crippen LogP contribution in [0.2, 0.25) is 5.02 Å². The van der Waals surface area contributed by atoms with Crippen LogP contribution in [0.15, 0.2) is 40.8 Å². The lowest BCUT2D eigenvalue weighted by atomic mass is 10.1. The molecule has 2 heterocycles. The van der Waals surface area contributed by atoms with Crippen molar-refractivity contribution in [2.45, 2.75) is 13.0 Å². The summed E-state index contributed by atoms with van der Waals surface area (Å²) in [5.74, 6) is 0. The van der Waals surface area contributed by atoms with Gasteiger partial charge in [-0.3, -0.25) is 9.36 Å². The third-order valence-corrected chi connectivity index (χ3v) is 4.66. The first-order valence-corrected chi connectivity index (χ1v) is 8.24. The van der Waals surface area contributed by atoms with E-state index in [0.717, 1.165) is 16.0 Å². The average molecular weight is 350 g/mol. The van der Waals surface area contributed by atoms with Crippen LogP contribution in [0, 0.1) is 0 Å². The zero-order valence-electron chi connectivity index (χ0n) is 11.5. The van der Waals surface area contributed by atoms with E-state index in [1.165, 1.54) is 11.3 Å². The van der Waals surface area contributed by atoms with E-state index in [1.807, 2.05) is 29.6 Å². The van der Waals surface area contributed by atoms with Gasteiger partial charge in [-0.05, 0) is 17.7 Å². The molecule has 22 heavy (non-hydrogen) atoms. The van der Waals surface area contributed by atoms with Gasteiger partial charge in [-0.2, -0.15) is 0 Å². The van der Waals surface area contributed by atoms with Gasteiger partial charge in [-0.15, -0.1) is 11.3 Å². The van der Waals surface area contributed by atoms with Crippen LogP contribution in [0.4, 0.5) is 0 Å². The topological polar surface area (TPSA) is 60.9 Å². The predicted octanol–water partition coefficient (Wildman–Crippen LogP) is 3.45. The zero-order chi connectivity index (χ0) is 15.7. The van der Waals surface area contributed by atoms with Gasteiger partial charge in [0, 0.05) is 28.9 Å². The summed E-state index contributed by atoms with van der Waals surface area (Å²) in [6.07, 6.45) is 2.02. The van der Waals surface area contributed by atoms with Crippen molar-refractivity contribution in [3.63, 3.8) is 0 Å². The second kappa shape index (κ2) is 6.16. The second-order valence-corrected chi connectivity index (χ2v) is 6.61. The highest BCUT2D eigenvalue weighted by molar-refractivity contribution is 7.80. The maximum absolute atomic E-state index is 12.7. The molecule has 2 aromatic heterocycles. The van der Waals surface area contributed by atoms with Crippen molar-refractivity contribution in [1.82, 2.24) is 9.55 Å². The number of rotatable bonds is 4. The molecule has 1 aromatic carbocycles. The number of nitrogens with zero attached hydrogens (tertiary/aromatic N) is 2. The number of aromatic nitrogens is 2. The maximum Gasteiger partial charge on any atom is 0.262 e. The fourth-order valence-corrected chi connectivity index (χ4v) is 3.32. The summed E-state index contributed by atoms with van der Waals surface area (Å²) >= 11 is 12.2. The lowest BCUT2D eigenvalue weighted by Gasteiger charge is -2.05. The molecule has 0 aliphatic rings. The minimum atomic E-state index is -0.0764. The minimum absolute atomic E-state index is 0.0764. The SMILES string of the molecule is NC(=S)CCn1cnc2scc(-c3ccc(Cl)cc3)c2c1=O. The Morgan fingerprint density at radius 1 is 1.36 bits per heavy atom. The Balaban J connectivity index is 2.12. The smallest absolute Gasteiger partial charge is 0.262 e. The first-order valence-electron chi connectivity index (χ1n) is 6.57. The molecule has 0 radical (unpaired) electrons. The van der Waals surface area contributed by atoms with Crippen LogP contribution in [-0.2, 0) is 6.54 Å². The van der Waals surface area contributed by atoms with E-state index in [4.69, 9.17) is 29.6 Å². The molecule has 0 atom stereocenters. The van der Waals surface area contributed by atoms with E-state index < -0.39 is 0 Å². The van der Waals surface area contributed by atoms with Gasteiger partial charge in [0.2, 0.25) is 0 Å². The van der Waals surface area contributed by atoms with E-state index in [0.29, 0.717) is 28.4 Å². The first kappa shape index (κ1) is 15.1. The van der Waals surface area contributed by atoms with Gasteiger partial charge in [0.15, 0.2) is 0 Å². The van der Waals surface area contributed by atoms with Crippen molar-refractivity contribution in [3.05, 3.63) is 51.3 Å². The Hall–Kier alpha value is -1.76. The van der Waals surface area contributed by atoms with E-state index in [9.17, 15) is 4.79 Å². The molecule has 0 bridgehead atoms. The molecular weight excluding hydrogens is 338 g/mol. The van der Waals surface area contributed by atoms with Crippen molar-refractivity contribution < 1.29 is 0 Å². The highest BCUT2D eigenvalue weighted by Crippen LogP contribution is 2.31. The Morgan fingerprint density at radius 2 is 2.09 bits per heavy atom. The molecule has 0 fully saturated rings. The highest BCUT2D eigenvalue weighted by atomic mass is 35.5. The lowest BCUT2D eigenvalue weighted by molar-refractivity contribution is 0.688. The van der Waals surface area contributed by atoms with Crippen molar-refractivity contribution in [1.29, 1.82) is 0 Å². The van der Waals surface area contributed by atoms with Crippen LogP contribution >= 0.6 is 35.2 Å². The summed E-state index contributed by atoms with van der Waals surface area (Å²) in [5, 5.41) is 3.23. The van der Waals surface area contributed by atoms with Crippen LogP contribution in [-0.4, -0.2) is 14.5 Å². The van der Waals surface area contributed by atoms with Crippen LogP contribution in [0.3, 0.4) is 0 Å². The normalized spacial score (nSPS) is 11.0. The Bertz CT molecular complexity index is 899. The third-order valence-electron chi connectivity index (χ3n) is 3.32. The third kappa shape index (κ3) is 2.90. The van der Waals surface area contributed by atoms with Gasteiger partial charge in [0.1, 0.15) is 4.83 Å². The number of aryl methyl sites for hydroxylation is 1. The Labute approximate surface area is 141 Å². The Kier molecular flexibility index (Phi) is 4.24. The van der Waals surface area contributed by atoms with E-state index >= 15 is 0 Å². The van der Waals surface area contributed by atoms with Gasteiger partial charge >= 0.3 is 0 Å². The molecule has 0 saturated carbocycles. The van der Waals surface area contributed by atoms with Gasteiger partial charge in [0.05, 0.1) is 16.7 Å². The first-order chi connectivity index (χ1) is 10.6. The lowest BCUT2D eigenvalue weighted by Crippen LogP contribution is -2.23. The Morgan fingerprint density at radius 3 is 2.77 bits per heavy atom. The van der Waals surface area contributed by atoms with E-state index in [1.54, 1.807) is 10.9 Å². The molecule has 0 amide bonds. The van der Waals surface area contributed by atoms with Gasteiger partial charge in [0.25, 0.3) is 5.56 Å². The number of benzene rings is 1. The van der Waals surface area contributed by atoms with Crippen LogP contribution < -0.4 is 11.3 Å². The van der Waals surface area contributed by atoms with Gasteiger partial charge in [-0.1, -0.05) is 36.0 Å². The summed E-state index contributed by atoms with van der Waals surface area (Å²) in [4.78, 5) is 18.1. The molecule has 0 unspecified atom stereocenters. The van der Waals surface area contributed by atoms with Crippen LogP contribution in [0.5, 0.6) is 0 Å². The zero-order valence-corrected chi connectivity index (χ0v) is 13.8. The molecule has 112 valence electrons.